The van der Waals surface area contributed by atoms with E-state index in [2.05, 4.69) is 20.6 Å². The minimum Gasteiger partial charge on any atom is -0.497 e. The van der Waals surface area contributed by atoms with Crippen LogP contribution in [0.3, 0.4) is 0 Å². The van der Waals surface area contributed by atoms with E-state index in [0.29, 0.717) is 29.4 Å². The molecule has 0 fully saturated rings. The van der Waals surface area contributed by atoms with E-state index in [1.165, 1.54) is 6.08 Å². The van der Waals surface area contributed by atoms with Crippen LogP contribution in [0.5, 0.6) is 5.75 Å². The van der Waals surface area contributed by atoms with Gasteiger partial charge in [-0.1, -0.05) is 24.3 Å². The van der Waals surface area contributed by atoms with Gasteiger partial charge in [0.25, 0.3) is 0 Å². The van der Waals surface area contributed by atoms with Gasteiger partial charge in [0.05, 0.1) is 18.5 Å². The summed E-state index contributed by atoms with van der Waals surface area (Å²) in [6, 6.07) is 14.8. The lowest BCUT2D eigenvalue weighted by Gasteiger charge is -2.06. The van der Waals surface area contributed by atoms with Gasteiger partial charge in [0.2, 0.25) is 11.9 Å². The molecule has 2 aromatic carbocycles. The largest absolute Gasteiger partial charge is 0.497 e. The van der Waals surface area contributed by atoms with E-state index in [1.54, 1.807) is 43.8 Å². The number of amides is 1. The third-order valence-corrected chi connectivity index (χ3v) is 3.93. The number of nitrogens with one attached hydrogen (secondary N) is 2. The van der Waals surface area contributed by atoms with E-state index in [-0.39, 0.29) is 5.91 Å². The van der Waals surface area contributed by atoms with Crippen molar-refractivity contribution in [3.8, 4) is 5.75 Å². The Morgan fingerprint density at radius 3 is 2.50 bits per heavy atom. The molecule has 7 heteroatoms. The summed E-state index contributed by atoms with van der Waals surface area (Å²) in [4.78, 5) is 20.5. The average molecular weight is 375 g/mol. The predicted octanol–water partition coefficient (Wildman–Crippen LogP) is 3.33. The molecule has 0 saturated heterocycles. The summed E-state index contributed by atoms with van der Waals surface area (Å²) in [6.07, 6.45) is 6.34. The predicted molar refractivity (Wildman–Crippen MR) is 111 cm³/mol. The smallest absolute Gasteiger partial charge is 0.248 e. The molecule has 4 N–H and O–H groups in total. The Kier molecular flexibility index (Phi) is 6.20. The summed E-state index contributed by atoms with van der Waals surface area (Å²) < 4.78 is 5.14. The Balaban J connectivity index is 1.52. The van der Waals surface area contributed by atoms with E-state index < -0.39 is 0 Å². The summed E-state index contributed by atoms with van der Waals surface area (Å²) in [7, 11) is 1.64. The maximum absolute atomic E-state index is 12.0. The lowest BCUT2D eigenvalue weighted by atomic mass is 10.2. The van der Waals surface area contributed by atoms with Gasteiger partial charge in [-0.05, 0) is 35.9 Å². The number of nitrogen functional groups attached to an aromatic ring is 1. The molecule has 142 valence electrons. The first-order chi connectivity index (χ1) is 13.6. The van der Waals surface area contributed by atoms with Crippen molar-refractivity contribution in [2.24, 2.45) is 0 Å². The number of rotatable bonds is 7. The fourth-order valence-corrected chi connectivity index (χ4v) is 2.40. The molecule has 0 bridgehead atoms. The van der Waals surface area contributed by atoms with Gasteiger partial charge < -0.3 is 21.1 Å². The van der Waals surface area contributed by atoms with E-state index in [1.807, 2.05) is 30.3 Å². The van der Waals surface area contributed by atoms with Crippen molar-refractivity contribution in [3.05, 3.63) is 78.1 Å². The number of nitrogens with two attached hydrogens (primary N) is 1. The first-order valence-electron chi connectivity index (χ1n) is 8.66. The molecule has 7 nitrogen and oxygen atoms in total. The summed E-state index contributed by atoms with van der Waals surface area (Å²) in [5.74, 6) is 1.05. The van der Waals surface area contributed by atoms with Gasteiger partial charge in [-0.3, -0.25) is 4.79 Å². The standard InChI is InChI=1S/C21H21N5O2/c1-28-17-9-6-15(7-10-17)12-23-21-24-13-16(14-25-21)8-11-20(27)26-19-5-3-2-4-18(19)22/h2-11,13-14H,12,22H2,1H3,(H,26,27)(H,23,24,25)/b11-8+. The molecule has 0 spiro atoms. The minimum absolute atomic E-state index is 0.278. The summed E-state index contributed by atoms with van der Waals surface area (Å²) in [5, 5.41) is 5.87. The van der Waals surface area contributed by atoms with E-state index >= 15 is 0 Å². The number of carbonyl (C=O) groups excluding carboxylic acids is 1. The Morgan fingerprint density at radius 1 is 1.11 bits per heavy atom. The molecule has 0 saturated carbocycles. The van der Waals surface area contributed by atoms with Gasteiger partial charge in [0, 0.05) is 30.6 Å². The van der Waals surface area contributed by atoms with Crippen LogP contribution in [0.15, 0.2) is 67.0 Å². The summed E-state index contributed by atoms with van der Waals surface area (Å²) in [5.41, 5.74) is 8.70. The molecule has 0 aliphatic carbocycles. The van der Waals surface area contributed by atoms with Crippen molar-refractivity contribution in [2.45, 2.75) is 6.54 Å². The number of anilines is 3. The van der Waals surface area contributed by atoms with Crippen LogP contribution in [0.2, 0.25) is 0 Å². The van der Waals surface area contributed by atoms with Crippen LogP contribution in [-0.2, 0) is 11.3 Å². The fourth-order valence-electron chi connectivity index (χ4n) is 2.40. The summed E-state index contributed by atoms with van der Waals surface area (Å²) in [6.45, 7) is 0.597. The van der Waals surface area contributed by atoms with Crippen molar-refractivity contribution < 1.29 is 9.53 Å². The quantitative estimate of drug-likeness (QED) is 0.432. The van der Waals surface area contributed by atoms with Crippen LogP contribution in [0.1, 0.15) is 11.1 Å². The maximum Gasteiger partial charge on any atom is 0.248 e. The topological polar surface area (TPSA) is 102 Å². The molecule has 0 aliphatic heterocycles. The fraction of sp³-hybridized carbons (Fsp3) is 0.0952. The minimum atomic E-state index is -0.278. The van der Waals surface area contributed by atoms with Crippen LogP contribution in [0.4, 0.5) is 17.3 Å². The highest BCUT2D eigenvalue weighted by molar-refractivity contribution is 6.03. The normalized spacial score (nSPS) is 10.6. The first kappa shape index (κ1) is 18.9. The molecule has 3 aromatic rings. The van der Waals surface area contributed by atoms with E-state index in [9.17, 15) is 4.79 Å². The maximum atomic E-state index is 12.0. The number of carbonyl (C=O) groups is 1. The number of hydrogen-bond donors (Lipinski definition) is 3. The number of ether oxygens (including phenoxy) is 1. The van der Waals surface area contributed by atoms with Gasteiger partial charge in [-0.15, -0.1) is 0 Å². The molecule has 1 heterocycles. The van der Waals surface area contributed by atoms with Gasteiger partial charge in [-0.25, -0.2) is 9.97 Å². The third kappa shape index (κ3) is 5.31. The number of para-hydroxylation sites is 2. The second-order valence-corrected chi connectivity index (χ2v) is 5.95. The second kappa shape index (κ2) is 9.18. The summed E-state index contributed by atoms with van der Waals surface area (Å²) >= 11 is 0. The monoisotopic (exact) mass is 375 g/mol. The Hall–Kier alpha value is -3.87. The van der Waals surface area contributed by atoms with Gasteiger partial charge in [0.15, 0.2) is 0 Å². The molecule has 0 radical (unpaired) electrons. The highest BCUT2D eigenvalue weighted by Crippen LogP contribution is 2.16. The van der Waals surface area contributed by atoms with Crippen molar-refractivity contribution in [1.29, 1.82) is 0 Å². The molecule has 28 heavy (non-hydrogen) atoms. The lowest BCUT2D eigenvalue weighted by Crippen LogP contribution is -2.09. The van der Waals surface area contributed by atoms with E-state index in [0.717, 1.165) is 11.3 Å². The Bertz CT molecular complexity index is 953. The number of hydrogen-bond acceptors (Lipinski definition) is 6. The van der Waals surface area contributed by atoms with Crippen molar-refractivity contribution >= 4 is 29.3 Å². The second-order valence-electron chi connectivity index (χ2n) is 5.95. The zero-order valence-electron chi connectivity index (χ0n) is 15.4. The van der Waals surface area contributed by atoms with Crippen LogP contribution >= 0.6 is 0 Å². The number of methoxy groups -OCH3 is 1. The lowest BCUT2D eigenvalue weighted by molar-refractivity contribution is -0.111. The zero-order chi connectivity index (χ0) is 19.8. The molecule has 0 atom stereocenters. The average Bonchev–Trinajstić information content (AvgIpc) is 2.73. The van der Waals surface area contributed by atoms with Gasteiger partial charge in [-0.2, -0.15) is 0 Å². The molecule has 1 amide bonds. The molecule has 3 rings (SSSR count). The molecular formula is C21H21N5O2. The highest BCUT2D eigenvalue weighted by Gasteiger charge is 2.02. The van der Waals surface area contributed by atoms with Crippen LogP contribution in [0, 0.1) is 0 Å². The molecular weight excluding hydrogens is 354 g/mol. The van der Waals surface area contributed by atoms with Crippen LogP contribution < -0.4 is 21.1 Å². The van der Waals surface area contributed by atoms with E-state index in [4.69, 9.17) is 10.5 Å². The zero-order valence-corrected chi connectivity index (χ0v) is 15.4. The first-order valence-corrected chi connectivity index (χ1v) is 8.66. The van der Waals surface area contributed by atoms with Gasteiger partial charge in [0.1, 0.15) is 5.75 Å². The van der Waals surface area contributed by atoms with Crippen molar-refractivity contribution in [1.82, 2.24) is 9.97 Å². The van der Waals surface area contributed by atoms with Crippen LogP contribution in [0.25, 0.3) is 6.08 Å². The van der Waals surface area contributed by atoms with Crippen molar-refractivity contribution in [3.63, 3.8) is 0 Å². The number of benzene rings is 2. The van der Waals surface area contributed by atoms with Crippen molar-refractivity contribution in [2.75, 3.05) is 23.5 Å². The number of aromatic nitrogens is 2. The Labute approximate surface area is 163 Å². The molecule has 0 unspecified atom stereocenters. The highest BCUT2D eigenvalue weighted by atomic mass is 16.5. The number of nitrogens with zero attached hydrogens (tertiary/aromatic N) is 2. The Morgan fingerprint density at radius 2 is 1.82 bits per heavy atom. The SMILES string of the molecule is COc1ccc(CNc2ncc(/C=C/C(=O)Nc3ccccc3N)cn2)cc1. The van der Waals surface area contributed by atoms with Crippen LogP contribution in [-0.4, -0.2) is 23.0 Å². The molecule has 0 aliphatic rings. The van der Waals surface area contributed by atoms with Gasteiger partial charge >= 0.3 is 0 Å². The molecule has 1 aromatic heterocycles. The third-order valence-electron chi connectivity index (χ3n) is 3.93.